The van der Waals surface area contributed by atoms with Crippen molar-refractivity contribution in [2.75, 3.05) is 17.4 Å². The highest BCUT2D eigenvalue weighted by Gasteiger charge is 2.34. The van der Waals surface area contributed by atoms with E-state index in [0.29, 0.717) is 25.1 Å². The van der Waals surface area contributed by atoms with Crippen molar-refractivity contribution in [2.45, 2.75) is 76.3 Å². The van der Waals surface area contributed by atoms with E-state index in [9.17, 15) is 18.0 Å². The van der Waals surface area contributed by atoms with Crippen molar-refractivity contribution < 1.29 is 18.0 Å². The van der Waals surface area contributed by atoms with Crippen molar-refractivity contribution in [1.82, 2.24) is 10.2 Å². The predicted octanol–water partition coefficient (Wildman–Crippen LogP) is 5.41. The fourth-order valence-electron chi connectivity index (χ4n) is 5.46. The van der Waals surface area contributed by atoms with Gasteiger partial charge in [-0.05, 0) is 68.9 Å². The first-order valence-electron chi connectivity index (χ1n) is 14.5. The summed E-state index contributed by atoms with van der Waals surface area (Å²) in [4.78, 5) is 29.4. The van der Waals surface area contributed by atoms with Gasteiger partial charge in [-0.3, -0.25) is 13.9 Å². The van der Waals surface area contributed by atoms with Gasteiger partial charge in [-0.15, -0.1) is 0 Å². The lowest BCUT2D eigenvalue weighted by atomic mass is 10.1. The van der Waals surface area contributed by atoms with Gasteiger partial charge in [0.1, 0.15) is 12.6 Å². The van der Waals surface area contributed by atoms with Crippen LogP contribution in [0.25, 0.3) is 0 Å². The molecular formula is C33H41N3O4S. The van der Waals surface area contributed by atoms with E-state index in [4.69, 9.17) is 0 Å². The molecule has 0 bridgehead atoms. The fourth-order valence-corrected chi connectivity index (χ4v) is 6.94. The minimum atomic E-state index is -4.08. The molecule has 0 saturated heterocycles. The zero-order chi connectivity index (χ0) is 29.4. The van der Waals surface area contributed by atoms with Crippen LogP contribution in [-0.2, 0) is 26.0 Å². The number of carbonyl (C=O) groups is 2. The quantitative estimate of drug-likeness (QED) is 0.313. The molecule has 3 aromatic rings. The van der Waals surface area contributed by atoms with Gasteiger partial charge in [-0.1, -0.05) is 86.0 Å². The third-order valence-corrected chi connectivity index (χ3v) is 9.62. The molecule has 0 aromatic heterocycles. The van der Waals surface area contributed by atoms with Crippen molar-refractivity contribution in [3.05, 3.63) is 95.6 Å². The highest BCUT2D eigenvalue weighted by Crippen LogP contribution is 2.27. The van der Waals surface area contributed by atoms with Gasteiger partial charge in [-0.25, -0.2) is 8.42 Å². The van der Waals surface area contributed by atoms with Crippen LogP contribution in [0.1, 0.15) is 55.7 Å². The second-order valence-corrected chi connectivity index (χ2v) is 12.7. The Labute approximate surface area is 244 Å². The Morgan fingerprint density at radius 3 is 2.17 bits per heavy atom. The summed E-state index contributed by atoms with van der Waals surface area (Å²) in [5.41, 5.74) is 3.15. The number of hydrogen-bond donors (Lipinski definition) is 1. The van der Waals surface area contributed by atoms with Crippen LogP contribution < -0.4 is 9.62 Å². The molecule has 0 aliphatic heterocycles. The summed E-state index contributed by atoms with van der Waals surface area (Å²) in [6.45, 7) is 5.50. The van der Waals surface area contributed by atoms with Gasteiger partial charge in [0.25, 0.3) is 10.0 Å². The Morgan fingerprint density at radius 2 is 1.54 bits per heavy atom. The lowest BCUT2D eigenvalue weighted by Gasteiger charge is -2.34. The van der Waals surface area contributed by atoms with Crippen LogP contribution in [-0.4, -0.2) is 50.3 Å². The zero-order valence-corrected chi connectivity index (χ0v) is 25.1. The summed E-state index contributed by atoms with van der Waals surface area (Å²) < 4.78 is 29.2. The van der Waals surface area contributed by atoms with E-state index in [2.05, 4.69) is 5.32 Å². The van der Waals surface area contributed by atoms with Crippen LogP contribution in [0.5, 0.6) is 0 Å². The van der Waals surface area contributed by atoms with E-state index in [0.717, 1.165) is 42.4 Å². The molecule has 3 aromatic carbocycles. The Morgan fingerprint density at radius 1 is 0.902 bits per heavy atom. The van der Waals surface area contributed by atoms with E-state index in [-0.39, 0.29) is 16.8 Å². The maximum Gasteiger partial charge on any atom is 0.264 e. The van der Waals surface area contributed by atoms with Gasteiger partial charge >= 0.3 is 0 Å². The molecule has 2 amide bonds. The van der Waals surface area contributed by atoms with E-state index >= 15 is 0 Å². The molecule has 0 heterocycles. The molecule has 0 radical (unpaired) electrons. The third kappa shape index (κ3) is 7.55. The fraction of sp³-hybridized carbons (Fsp3) is 0.394. The molecule has 218 valence electrons. The van der Waals surface area contributed by atoms with Gasteiger partial charge in [0, 0.05) is 12.6 Å². The number of rotatable bonds is 12. The van der Waals surface area contributed by atoms with Crippen LogP contribution >= 0.6 is 0 Å². The maximum absolute atomic E-state index is 14.2. The number of anilines is 1. The van der Waals surface area contributed by atoms with Crippen LogP contribution in [0.2, 0.25) is 0 Å². The number of aryl methyl sites for hydroxylation is 2. The minimum Gasteiger partial charge on any atom is -0.352 e. The number of hydrogen-bond acceptors (Lipinski definition) is 4. The van der Waals surface area contributed by atoms with Crippen LogP contribution in [0.4, 0.5) is 5.69 Å². The second kappa shape index (κ2) is 13.8. The topological polar surface area (TPSA) is 86.8 Å². The van der Waals surface area contributed by atoms with E-state index in [1.54, 1.807) is 41.3 Å². The zero-order valence-electron chi connectivity index (χ0n) is 24.3. The molecule has 1 aliphatic carbocycles. The molecular weight excluding hydrogens is 534 g/mol. The number of para-hydroxylation sites is 1. The van der Waals surface area contributed by atoms with Gasteiger partial charge in [0.05, 0.1) is 10.6 Å². The van der Waals surface area contributed by atoms with Gasteiger partial charge < -0.3 is 10.2 Å². The Hall–Kier alpha value is -3.65. The monoisotopic (exact) mass is 575 g/mol. The Balaban J connectivity index is 1.68. The van der Waals surface area contributed by atoms with Crippen molar-refractivity contribution in [2.24, 2.45) is 0 Å². The number of carbonyl (C=O) groups excluding carboxylic acids is 2. The molecule has 1 saturated carbocycles. The molecule has 1 atom stereocenters. The van der Waals surface area contributed by atoms with Crippen LogP contribution in [0, 0.1) is 13.8 Å². The normalized spacial score (nSPS) is 14.4. The Kier molecular flexibility index (Phi) is 10.2. The molecule has 1 unspecified atom stereocenters. The second-order valence-electron chi connectivity index (χ2n) is 10.8. The summed E-state index contributed by atoms with van der Waals surface area (Å²) in [5.74, 6) is -0.585. The number of nitrogens with one attached hydrogen (secondary N) is 1. The van der Waals surface area contributed by atoms with Crippen molar-refractivity contribution in [1.29, 1.82) is 0 Å². The number of nitrogens with zero attached hydrogens (tertiary/aromatic N) is 2. The van der Waals surface area contributed by atoms with Gasteiger partial charge in [0.15, 0.2) is 0 Å². The van der Waals surface area contributed by atoms with Gasteiger partial charge in [0.2, 0.25) is 11.8 Å². The molecule has 4 rings (SSSR count). The highest BCUT2D eigenvalue weighted by atomic mass is 32.2. The largest absolute Gasteiger partial charge is 0.352 e. The predicted molar refractivity (Wildman–Crippen MR) is 163 cm³/mol. The average Bonchev–Trinajstić information content (AvgIpc) is 3.48. The standard InChI is InChI=1S/C33H41N3O4S/c1-4-30(33(38)34-28-15-9-10-16-28)35(23-22-27-13-6-5-7-14-27)32(37)24-36(31-17-11-8-12-26(31)3)41(39,40)29-20-18-25(2)19-21-29/h5-8,11-14,17-21,28,30H,4,9-10,15-16,22-24H2,1-3H3,(H,34,38). The molecule has 7 nitrogen and oxygen atoms in total. The van der Waals surface area contributed by atoms with E-state index in [1.165, 1.54) is 4.31 Å². The third-order valence-electron chi connectivity index (χ3n) is 7.84. The summed E-state index contributed by atoms with van der Waals surface area (Å²) in [7, 11) is -4.08. The molecule has 1 aliphatic rings. The Bertz CT molecular complexity index is 1420. The molecule has 1 N–H and O–H groups in total. The maximum atomic E-state index is 14.2. The first-order valence-corrected chi connectivity index (χ1v) is 15.9. The first kappa shape index (κ1) is 30.3. The summed E-state index contributed by atoms with van der Waals surface area (Å²) in [6.07, 6.45) is 5.02. The molecule has 8 heteroatoms. The molecule has 1 fully saturated rings. The summed E-state index contributed by atoms with van der Waals surface area (Å²) in [6, 6.07) is 23.0. The number of sulfonamides is 1. The number of amides is 2. The summed E-state index contributed by atoms with van der Waals surface area (Å²) in [5, 5.41) is 3.15. The smallest absolute Gasteiger partial charge is 0.264 e. The lowest BCUT2D eigenvalue weighted by molar-refractivity contribution is -0.139. The molecule has 41 heavy (non-hydrogen) atoms. The van der Waals surface area contributed by atoms with Crippen LogP contribution in [0.15, 0.2) is 83.8 Å². The van der Waals surface area contributed by atoms with Crippen molar-refractivity contribution in [3.8, 4) is 0 Å². The van der Waals surface area contributed by atoms with Crippen molar-refractivity contribution >= 4 is 27.5 Å². The van der Waals surface area contributed by atoms with Crippen LogP contribution in [0.3, 0.4) is 0 Å². The first-order chi connectivity index (χ1) is 19.7. The van der Waals surface area contributed by atoms with Gasteiger partial charge in [-0.2, -0.15) is 0 Å². The number of benzene rings is 3. The molecule has 0 spiro atoms. The SMILES string of the molecule is CCC(C(=O)NC1CCCC1)N(CCc1ccccc1)C(=O)CN(c1ccccc1C)S(=O)(=O)c1ccc(C)cc1. The lowest BCUT2D eigenvalue weighted by Crippen LogP contribution is -2.54. The minimum absolute atomic E-state index is 0.112. The summed E-state index contributed by atoms with van der Waals surface area (Å²) >= 11 is 0. The highest BCUT2D eigenvalue weighted by molar-refractivity contribution is 7.92. The van der Waals surface area contributed by atoms with Crippen molar-refractivity contribution in [3.63, 3.8) is 0 Å². The van der Waals surface area contributed by atoms with E-state index < -0.39 is 28.5 Å². The average molecular weight is 576 g/mol. The van der Waals surface area contributed by atoms with E-state index in [1.807, 2.05) is 63.2 Å².